The van der Waals surface area contributed by atoms with E-state index in [1.165, 1.54) is 18.4 Å². The van der Waals surface area contributed by atoms with Crippen molar-refractivity contribution in [2.45, 2.75) is 25.7 Å². The van der Waals surface area contributed by atoms with Gasteiger partial charge < -0.3 is 4.52 Å². The lowest BCUT2D eigenvalue weighted by Crippen LogP contribution is -1.75. The second-order valence-electron chi connectivity index (χ2n) is 2.65. The van der Waals surface area contributed by atoms with E-state index in [-0.39, 0.29) is 0 Å². The summed E-state index contributed by atoms with van der Waals surface area (Å²) in [4.78, 5) is 0. The van der Waals surface area contributed by atoms with Crippen molar-refractivity contribution in [2.75, 3.05) is 0 Å². The van der Waals surface area contributed by atoms with E-state index in [1.54, 1.807) is 6.20 Å². The summed E-state index contributed by atoms with van der Waals surface area (Å²) in [7, 11) is 0. The molecule has 2 nitrogen and oxygen atoms in total. The van der Waals surface area contributed by atoms with Crippen LogP contribution in [-0.2, 0) is 0 Å². The maximum Gasteiger partial charge on any atom is 0.142 e. The summed E-state index contributed by atoms with van der Waals surface area (Å²) >= 11 is 0. The third kappa shape index (κ3) is 0.745. The van der Waals surface area contributed by atoms with E-state index in [0.29, 0.717) is 5.92 Å². The summed E-state index contributed by atoms with van der Waals surface area (Å²) in [6, 6.07) is 0. The van der Waals surface area contributed by atoms with Gasteiger partial charge in [0.1, 0.15) is 5.76 Å². The van der Waals surface area contributed by atoms with Crippen LogP contribution in [0, 0.1) is 6.92 Å². The van der Waals surface area contributed by atoms with Gasteiger partial charge in [-0.3, -0.25) is 0 Å². The predicted molar refractivity (Wildman–Crippen MR) is 33.2 cm³/mol. The van der Waals surface area contributed by atoms with Crippen LogP contribution in [0.5, 0.6) is 0 Å². The zero-order valence-electron chi connectivity index (χ0n) is 5.42. The average Bonchev–Trinajstić information content (AvgIpc) is 2.58. The number of hydrogen-bond acceptors (Lipinski definition) is 2. The van der Waals surface area contributed by atoms with Gasteiger partial charge in [0.2, 0.25) is 0 Å². The molecule has 1 heterocycles. The summed E-state index contributed by atoms with van der Waals surface area (Å²) in [6.07, 6.45) is 4.36. The Bertz CT molecular complexity index is 212. The van der Waals surface area contributed by atoms with Crippen molar-refractivity contribution in [1.29, 1.82) is 0 Å². The molecule has 1 aromatic heterocycles. The van der Waals surface area contributed by atoms with Gasteiger partial charge in [-0.1, -0.05) is 5.16 Å². The van der Waals surface area contributed by atoms with Crippen LogP contribution in [0.1, 0.15) is 30.1 Å². The number of nitrogens with zero attached hydrogens (tertiary/aromatic N) is 1. The van der Waals surface area contributed by atoms with E-state index in [9.17, 15) is 0 Å². The standard InChI is InChI=1S/C7H9NO/c1-5-4-8-9-7(5)6-2-3-6/h4,6H,2-3H2,1H3. The summed E-state index contributed by atoms with van der Waals surface area (Å²) in [5.41, 5.74) is 1.21. The van der Waals surface area contributed by atoms with E-state index >= 15 is 0 Å². The molecule has 0 aliphatic heterocycles. The minimum absolute atomic E-state index is 0.701. The molecule has 1 fully saturated rings. The highest BCUT2D eigenvalue weighted by Crippen LogP contribution is 2.41. The highest BCUT2D eigenvalue weighted by molar-refractivity contribution is 5.19. The van der Waals surface area contributed by atoms with Crippen molar-refractivity contribution in [2.24, 2.45) is 0 Å². The highest BCUT2D eigenvalue weighted by atomic mass is 16.5. The van der Waals surface area contributed by atoms with Gasteiger partial charge in [0.05, 0.1) is 6.20 Å². The molecule has 0 aromatic carbocycles. The van der Waals surface area contributed by atoms with Crippen molar-refractivity contribution in [3.63, 3.8) is 0 Å². The van der Waals surface area contributed by atoms with Crippen LogP contribution in [0.15, 0.2) is 10.7 Å². The fourth-order valence-electron chi connectivity index (χ4n) is 1.04. The zero-order valence-corrected chi connectivity index (χ0v) is 5.42. The second kappa shape index (κ2) is 1.59. The van der Waals surface area contributed by atoms with Gasteiger partial charge in [-0.15, -0.1) is 0 Å². The molecule has 0 spiro atoms. The Labute approximate surface area is 53.9 Å². The Balaban J connectivity index is 2.35. The molecule has 1 aromatic rings. The first-order valence-corrected chi connectivity index (χ1v) is 3.29. The first kappa shape index (κ1) is 5.03. The van der Waals surface area contributed by atoms with Crippen LogP contribution in [-0.4, -0.2) is 5.16 Å². The van der Waals surface area contributed by atoms with Crippen molar-refractivity contribution in [3.05, 3.63) is 17.5 Å². The van der Waals surface area contributed by atoms with E-state index in [1.807, 2.05) is 6.92 Å². The van der Waals surface area contributed by atoms with Gasteiger partial charge in [-0.05, 0) is 19.8 Å². The van der Waals surface area contributed by atoms with E-state index in [4.69, 9.17) is 4.52 Å². The Morgan fingerprint density at radius 3 is 2.89 bits per heavy atom. The Morgan fingerprint density at radius 2 is 2.44 bits per heavy atom. The molecule has 1 aliphatic carbocycles. The van der Waals surface area contributed by atoms with Crippen molar-refractivity contribution in [3.8, 4) is 0 Å². The molecule has 2 heteroatoms. The molecule has 1 aliphatic rings. The molecule has 0 bridgehead atoms. The van der Waals surface area contributed by atoms with Gasteiger partial charge in [-0.2, -0.15) is 0 Å². The molecule has 0 atom stereocenters. The van der Waals surface area contributed by atoms with Gasteiger partial charge in [0, 0.05) is 11.5 Å². The molecule has 0 unspecified atom stereocenters. The van der Waals surface area contributed by atoms with Crippen molar-refractivity contribution in [1.82, 2.24) is 5.16 Å². The van der Waals surface area contributed by atoms with Gasteiger partial charge >= 0.3 is 0 Å². The normalized spacial score (nSPS) is 18.3. The molecular formula is C7H9NO. The van der Waals surface area contributed by atoms with Gasteiger partial charge in [0.25, 0.3) is 0 Å². The fourth-order valence-corrected chi connectivity index (χ4v) is 1.04. The molecule has 48 valence electrons. The molecule has 0 N–H and O–H groups in total. The van der Waals surface area contributed by atoms with E-state index < -0.39 is 0 Å². The molecule has 9 heavy (non-hydrogen) atoms. The molecule has 2 rings (SSSR count). The van der Waals surface area contributed by atoms with E-state index in [0.717, 1.165) is 5.76 Å². The molecular weight excluding hydrogens is 114 g/mol. The quantitative estimate of drug-likeness (QED) is 0.569. The van der Waals surface area contributed by atoms with E-state index in [2.05, 4.69) is 5.16 Å². The summed E-state index contributed by atoms with van der Waals surface area (Å²) < 4.78 is 5.04. The smallest absolute Gasteiger partial charge is 0.142 e. The van der Waals surface area contributed by atoms with Crippen molar-refractivity contribution >= 4 is 0 Å². The summed E-state index contributed by atoms with van der Waals surface area (Å²) in [6.45, 7) is 2.05. The monoisotopic (exact) mass is 123 g/mol. The number of aryl methyl sites for hydroxylation is 1. The highest BCUT2D eigenvalue weighted by Gasteiger charge is 2.28. The number of rotatable bonds is 1. The van der Waals surface area contributed by atoms with Gasteiger partial charge in [-0.25, -0.2) is 0 Å². The average molecular weight is 123 g/mol. The van der Waals surface area contributed by atoms with Crippen LogP contribution in [0.2, 0.25) is 0 Å². The Kier molecular flexibility index (Phi) is 0.891. The van der Waals surface area contributed by atoms with Crippen LogP contribution in [0.3, 0.4) is 0 Å². The van der Waals surface area contributed by atoms with Gasteiger partial charge in [0.15, 0.2) is 0 Å². The van der Waals surface area contributed by atoms with Crippen LogP contribution in [0.4, 0.5) is 0 Å². The first-order valence-electron chi connectivity index (χ1n) is 3.29. The summed E-state index contributed by atoms with van der Waals surface area (Å²) in [5, 5.41) is 3.71. The fraction of sp³-hybridized carbons (Fsp3) is 0.571. The first-order chi connectivity index (χ1) is 4.38. The molecule has 0 radical (unpaired) electrons. The zero-order chi connectivity index (χ0) is 6.27. The van der Waals surface area contributed by atoms with Crippen LogP contribution < -0.4 is 0 Å². The third-order valence-electron chi connectivity index (χ3n) is 1.73. The maximum atomic E-state index is 5.04. The number of hydrogen-bond donors (Lipinski definition) is 0. The molecule has 1 saturated carbocycles. The minimum Gasteiger partial charge on any atom is -0.361 e. The molecule has 0 amide bonds. The molecule has 0 saturated heterocycles. The number of aromatic nitrogens is 1. The topological polar surface area (TPSA) is 26.0 Å². The van der Waals surface area contributed by atoms with Crippen molar-refractivity contribution < 1.29 is 4.52 Å². The Hall–Kier alpha value is -0.790. The predicted octanol–water partition coefficient (Wildman–Crippen LogP) is 1.86. The summed E-state index contributed by atoms with van der Waals surface area (Å²) in [5.74, 6) is 1.81. The Morgan fingerprint density at radius 1 is 1.67 bits per heavy atom. The third-order valence-corrected chi connectivity index (χ3v) is 1.73. The van der Waals surface area contributed by atoms with Crippen LogP contribution in [0.25, 0.3) is 0 Å². The second-order valence-corrected chi connectivity index (χ2v) is 2.65. The lowest BCUT2D eigenvalue weighted by molar-refractivity contribution is 0.383. The minimum atomic E-state index is 0.701. The van der Waals surface area contributed by atoms with Crippen LogP contribution >= 0.6 is 0 Å². The lowest BCUT2D eigenvalue weighted by Gasteiger charge is -1.86. The lowest BCUT2D eigenvalue weighted by atomic mass is 10.2. The largest absolute Gasteiger partial charge is 0.361 e. The maximum absolute atomic E-state index is 5.04. The SMILES string of the molecule is Cc1cnoc1C1CC1.